The Kier molecular flexibility index (Phi) is 3.77. The van der Waals surface area contributed by atoms with Crippen LogP contribution in [0.3, 0.4) is 0 Å². The van der Waals surface area contributed by atoms with Crippen molar-refractivity contribution in [3.8, 4) is 5.75 Å². The third kappa shape index (κ3) is 2.89. The van der Waals surface area contributed by atoms with Crippen molar-refractivity contribution in [1.29, 1.82) is 0 Å². The number of nitrogens with one attached hydrogen (secondary N) is 1. The maximum Gasteiger partial charge on any atom is 0.270 e. The maximum absolute atomic E-state index is 12.5. The van der Waals surface area contributed by atoms with Crippen LogP contribution in [0, 0.1) is 0 Å². The zero-order chi connectivity index (χ0) is 16.6. The fourth-order valence-electron chi connectivity index (χ4n) is 2.45. The summed E-state index contributed by atoms with van der Waals surface area (Å²) in [7, 11) is -0.563. The molecule has 0 unspecified atom stereocenters. The second kappa shape index (κ2) is 5.62. The fourth-order valence-corrected chi connectivity index (χ4v) is 3.54. The molecule has 1 aliphatic rings. The van der Waals surface area contributed by atoms with Gasteiger partial charge in [-0.1, -0.05) is 6.07 Å². The lowest BCUT2D eigenvalue weighted by Crippen LogP contribution is -2.36. The monoisotopic (exact) mass is 335 g/mol. The number of carbonyl (C=O) groups is 1. The zero-order valence-electron chi connectivity index (χ0n) is 12.8. The van der Waals surface area contributed by atoms with Crippen LogP contribution in [-0.4, -0.2) is 44.5 Å². The van der Waals surface area contributed by atoms with Crippen molar-refractivity contribution >= 4 is 21.6 Å². The largest absolute Gasteiger partial charge is 0.497 e. The lowest BCUT2D eigenvalue weighted by molar-refractivity contribution is 0.0749. The number of nitrogens with zero attached hydrogens (tertiary/aromatic N) is 2. The number of carbonyl (C=O) groups excluding carboxylic acids is 1. The first-order valence-corrected chi connectivity index (χ1v) is 8.51. The summed E-state index contributed by atoms with van der Waals surface area (Å²) in [6, 6.07) is 8.05. The molecule has 1 aromatic heterocycles. The Morgan fingerprint density at radius 2 is 2.00 bits per heavy atom. The highest BCUT2D eigenvalue weighted by molar-refractivity contribution is 7.92. The first kappa shape index (κ1) is 15.4. The molecule has 23 heavy (non-hydrogen) atoms. The first-order valence-electron chi connectivity index (χ1n) is 7.03. The van der Waals surface area contributed by atoms with E-state index >= 15 is 0 Å². The van der Waals surface area contributed by atoms with Gasteiger partial charge in [0.15, 0.2) is 0 Å². The number of fused-ring (bicyclic) bond motifs is 1. The fraction of sp³-hybridized carbons (Fsp3) is 0.267. The van der Waals surface area contributed by atoms with Crippen LogP contribution in [0.1, 0.15) is 10.5 Å². The number of ether oxygens (including phenoxy) is 1. The highest BCUT2D eigenvalue weighted by Gasteiger charge is 2.26. The van der Waals surface area contributed by atoms with Crippen LogP contribution < -0.4 is 9.46 Å². The number of rotatable bonds is 4. The van der Waals surface area contributed by atoms with Gasteiger partial charge >= 0.3 is 0 Å². The van der Waals surface area contributed by atoms with Crippen molar-refractivity contribution in [2.24, 2.45) is 0 Å². The summed E-state index contributed by atoms with van der Waals surface area (Å²) < 4.78 is 34.3. The number of hydrogen-bond donors (Lipinski definition) is 1. The Morgan fingerprint density at radius 3 is 2.74 bits per heavy atom. The Bertz CT molecular complexity index is 857. The summed E-state index contributed by atoms with van der Waals surface area (Å²) in [6.07, 6.45) is 1.49. The van der Waals surface area contributed by atoms with Crippen molar-refractivity contribution in [1.82, 2.24) is 9.47 Å². The summed E-state index contributed by atoms with van der Waals surface area (Å²) in [5.74, 6) is 0.372. The van der Waals surface area contributed by atoms with Crippen LogP contribution in [-0.2, 0) is 16.6 Å². The SMILES string of the molecule is COc1cccc(NS(=O)(=O)c2cc3n(c2)CCN(C)C3=O)c1. The molecule has 0 spiro atoms. The average molecular weight is 335 g/mol. The van der Waals surface area contributed by atoms with E-state index in [9.17, 15) is 13.2 Å². The highest BCUT2D eigenvalue weighted by atomic mass is 32.2. The van der Waals surface area contributed by atoms with Crippen LogP contribution in [0.2, 0.25) is 0 Å². The van der Waals surface area contributed by atoms with Crippen molar-refractivity contribution in [3.05, 3.63) is 42.2 Å². The van der Waals surface area contributed by atoms with Gasteiger partial charge in [-0.2, -0.15) is 0 Å². The van der Waals surface area contributed by atoms with Gasteiger partial charge in [0.25, 0.3) is 15.9 Å². The van der Waals surface area contributed by atoms with Crippen LogP contribution in [0.25, 0.3) is 0 Å². The minimum atomic E-state index is -3.77. The molecule has 0 saturated carbocycles. The number of aromatic nitrogens is 1. The van der Waals surface area contributed by atoms with Gasteiger partial charge in [0, 0.05) is 32.4 Å². The Labute approximate surface area is 134 Å². The number of anilines is 1. The van der Waals surface area contributed by atoms with Crippen LogP contribution >= 0.6 is 0 Å². The quantitative estimate of drug-likeness (QED) is 0.915. The second-order valence-corrected chi connectivity index (χ2v) is 7.00. The molecule has 2 heterocycles. The van der Waals surface area contributed by atoms with Gasteiger partial charge in [-0.05, 0) is 18.2 Å². The summed E-state index contributed by atoms with van der Waals surface area (Å²) in [5, 5.41) is 0. The molecule has 2 aromatic rings. The van der Waals surface area contributed by atoms with E-state index in [0.717, 1.165) is 0 Å². The molecule has 1 aromatic carbocycles. The Balaban J connectivity index is 1.91. The highest BCUT2D eigenvalue weighted by Crippen LogP contribution is 2.23. The number of likely N-dealkylation sites (N-methyl/N-ethyl adjacent to an activating group) is 1. The van der Waals surface area contributed by atoms with E-state index in [1.54, 1.807) is 40.8 Å². The molecule has 1 amide bonds. The average Bonchev–Trinajstić information content (AvgIpc) is 2.97. The van der Waals surface area contributed by atoms with Crippen molar-refractivity contribution in [3.63, 3.8) is 0 Å². The van der Waals surface area contributed by atoms with Gasteiger partial charge in [-0.25, -0.2) is 8.42 Å². The van der Waals surface area contributed by atoms with E-state index < -0.39 is 10.0 Å². The van der Waals surface area contributed by atoms with Gasteiger partial charge in [0.2, 0.25) is 0 Å². The Hall–Kier alpha value is -2.48. The minimum Gasteiger partial charge on any atom is -0.497 e. The lowest BCUT2D eigenvalue weighted by Gasteiger charge is -2.23. The first-order chi connectivity index (χ1) is 10.9. The van der Waals surface area contributed by atoms with Crippen LogP contribution in [0.4, 0.5) is 5.69 Å². The van der Waals surface area contributed by atoms with Gasteiger partial charge in [0.05, 0.1) is 12.8 Å². The molecule has 8 heteroatoms. The third-order valence-electron chi connectivity index (χ3n) is 3.75. The van der Waals surface area contributed by atoms with Gasteiger partial charge < -0.3 is 14.2 Å². The third-order valence-corrected chi connectivity index (χ3v) is 5.09. The molecule has 0 fully saturated rings. The van der Waals surface area contributed by atoms with Crippen molar-refractivity contribution < 1.29 is 17.9 Å². The summed E-state index contributed by atoms with van der Waals surface area (Å²) in [4.78, 5) is 13.7. The predicted molar refractivity (Wildman–Crippen MR) is 85.2 cm³/mol. The van der Waals surface area contributed by atoms with Gasteiger partial charge in [0.1, 0.15) is 16.3 Å². The predicted octanol–water partition coefficient (Wildman–Crippen LogP) is 1.38. The van der Waals surface area contributed by atoms with E-state index in [-0.39, 0.29) is 10.8 Å². The van der Waals surface area contributed by atoms with Crippen molar-refractivity contribution in [2.75, 3.05) is 25.4 Å². The molecular formula is C15H17N3O4S. The summed E-state index contributed by atoms with van der Waals surface area (Å²) in [6.45, 7) is 1.13. The molecule has 0 bridgehead atoms. The topological polar surface area (TPSA) is 80.6 Å². The second-order valence-electron chi connectivity index (χ2n) is 5.32. The molecular weight excluding hydrogens is 318 g/mol. The standard InChI is InChI=1S/C15H17N3O4S/c1-17-6-7-18-10-13(9-14(18)15(17)19)23(20,21)16-11-4-3-5-12(8-11)22-2/h3-5,8-10,16H,6-7H2,1-2H3. The van der Waals surface area contributed by atoms with E-state index in [1.807, 2.05) is 0 Å². The van der Waals surface area contributed by atoms with Gasteiger partial charge in [-0.3, -0.25) is 9.52 Å². The van der Waals surface area contributed by atoms with Crippen LogP contribution in [0.15, 0.2) is 41.4 Å². The van der Waals surface area contributed by atoms with Crippen LogP contribution in [0.5, 0.6) is 5.75 Å². The normalized spacial score (nSPS) is 14.5. The molecule has 0 radical (unpaired) electrons. The van der Waals surface area contributed by atoms with Crippen molar-refractivity contribution in [2.45, 2.75) is 11.4 Å². The smallest absolute Gasteiger partial charge is 0.270 e. The zero-order valence-corrected chi connectivity index (χ0v) is 13.6. The molecule has 0 saturated heterocycles. The molecule has 0 atom stereocenters. The number of sulfonamides is 1. The molecule has 1 aliphatic heterocycles. The Morgan fingerprint density at radius 1 is 1.22 bits per heavy atom. The van der Waals surface area contributed by atoms with E-state index in [1.165, 1.54) is 19.4 Å². The summed E-state index contributed by atoms with van der Waals surface area (Å²) >= 11 is 0. The molecule has 7 nitrogen and oxygen atoms in total. The van der Waals surface area contributed by atoms with E-state index in [4.69, 9.17) is 4.74 Å². The maximum atomic E-state index is 12.5. The number of methoxy groups -OCH3 is 1. The molecule has 1 N–H and O–H groups in total. The van der Waals surface area contributed by atoms with E-state index in [0.29, 0.717) is 30.2 Å². The lowest BCUT2D eigenvalue weighted by atomic mass is 10.3. The molecule has 0 aliphatic carbocycles. The summed E-state index contributed by atoms with van der Waals surface area (Å²) in [5.41, 5.74) is 0.779. The number of amides is 1. The van der Waals surface area contributed by atoms with Gasteiger partial charge in [-0.15, -0.1) is 0 Å². The minimum absolute atomic E-state index is 0.0685. The molecule has 3 rings (SSSR count). The number of benzene rings is 1. The molecule has 122 valence electrons. The van der Waals surface area contributed by atoms with E-state index in [2.05, 4.69) is 4.72 Å². The number of hydrogen-bond acceptors (Lipinski definition) is 4.